The second-order valence-electron chi connectivity index (χ2n) is 6.05. The van der Waals surface area contributed by atoms with Gasteiger partial charge in [0.25, 0.3) is 0 Å². The van der Waals surface area contributed by atoms with Crippen molar-refractivity contribution in [2.75, 3.05) is 20.3 Å². The molecule has 2 nitrogen and oxygen atoms in total. The minimum atomic E-state index is 0.695. The summed E-state index contributed by atoms with van der Waals surface area (Å²) in [5.74, 6) is 1.75. The highest BCUT2D eigenvalue weighted by Crippen LogP contribution is 2.30. The maximum Gasteiger partial charge on any atom is 0.0465 e. The summed E-state index contributed by atoms with van der Waals surface area (Å²) < 4.78 is 5.22. The Kier molecular flexibility index (Phi) is 8.70. The Hall–Kier alpha value is -0.0800. The van der Waals surface area contributed by atoms with Gasteiger partial charge in [0, 0.05) is 19.8 Å². The highest BCUT2D eigenvalue weighted by atomic mass is 16.5. The zero-order valence-corrected chi connectivity index (χ0v) is 12.7. The van der Waals surface area contributed by atoms with E-state index in [4.69, 9.17) is 4.74 Å². The SMILES string of the molecule is CCCNC(CCC1CCCC1)C(C)CCOC. The third-order valence-electron chi connectivity index (χ3n) is 4.48. The van der Waals surface area contributed by atoms with Crippen LogP contribution in [0, 0.1) is 11.8 Å². The van der Waals surface area contributed by atoms with E-state index in [0.717, 1.165) is 25.0 Å². The van der Waals surface area contributed by atoms with Gasteiger partial charge in [-0.1, -0.05) is 39.5 Å². The van der Waals surface area contributed by atoms with E-state index in [1.807, 2.05) is 0 Å². The van der Waals surface area contributed by atoms with Gasteiger partial charge in [-0.05, 0) is 44.1 Å². The molecule has 1 fully saturated rings. The van der Waals surface area contributed by atoms with E-state index in [1.54, 1.807) is 7.11 Å². The number of ether oxygens (including phenoxy) is 1. The van der Waals surface area contributed by atoms with Gasteiger partial charge in [-0.25, -0.2) is 0 Å². The van der Waals surface area contributed by atoms with Crippen molar-refractivity contribution in [2.45, 2.75) is 71.3 Å². The van der Waals surface area contributed by atoms with Gasteiger partial charge in [-0.2, -0.15) is 0 Å². The van der Waals surface area contributed by atoms with Gasteiger partial charge in [0.15, 0.2) is 0 Å². The Labute approximate surface area is 114 Å². The molecule has 1 saturated carbocycles. The lowest BCUT2D eigenvalue weighted by Gasteiger charge is -2.26. The average Bonchev–Trinajstić information content (AvgIpc) is 2.89. The van der Waals surface area contributed by atoms with Gasteiger partial charge in [-0.3, -0.25) is 0 Å². The van der Waals surface area contributed by atoms with Crippen LogP contribution in [-0.2, 0) is 4.74 Å². The standard InChI is InChI=1S/C16H33NO/c1-4-12-17-16(14(2)11-13-18-3)10-9-15-7-5-6-8-15/h14-17H,4-13H2,1-3H3. The van der Waals surface area contributed by atoms with Crippen molar-refractivity contribution in [3.63, 3.8) is 0 Å². The summed E-state index contributed by atoms with van der Waals surface area (Å²) in [5.41, 5.74) is 0. The van der Waals surface area contributed by atoms with Crippen LogP contribution in [0.2, 0.25) is 0 Å². The Balaban J connectivity index is 2.28. The molecule has 0 aliphatic heterocycles. The van der Waals surface area contributed by atoms with E-state index >= 15 is 0 Å². The minimum Gasteiger partial charge on any atom is -0.385 e. The zero-order valence-electron chi connectivity index (χ0n) is 12.7. The first-order chi connectivity index (χ1) is 8.77. The molecular weight excluding hydrogens is 222 g/mol. The van der Waals surface area contributed by atoms with Crippen LogP contribution in [0.3, 0.4) is 0 Å². The van der Waals surface area contributed by atoms with Crippen LogP contribution in [0.15, 0.2) is 0 Å². The second-order valence-corrected chi connectivity index (χ2v) is 6.05. The molecule has 2 heteroatoms. The van der Waals surface area contributed by atoms with Crippen LogP contribution in [-0.4, -0.2) is 26.3 Å². The first-order valence-electron chi connectivity index (χ1n) is 8.00. The van der Waals surface area contributed by atoms with E-state index in [2.05, 4.69) is 19.2 Å². The van der Waals surface area contributed by atoms with Crippen molar-refractivity contribution in [3.8, 4) is 0 Å². The normalized spacial score (nSPS) is 20.2. The molecular formula is C16H33NO. The Morgan fingerprint density at radius 2 is 1.94 bits per heavy atom. The van der Waals surface area contributed by atoms with E-state index in [9.17, 15) is 0 Å². The molecule has 0 aromatic rings. The largest absolute Gasteiger partial charge is 0.385 e. The first-order valence-corrected chi connectivity index (χ1v) is 8.00. The van der Waals surface area contributed by atoms with E-state index in [-0.39, 0.29) is 0 Å². The maximum atomic E-state index is 5.22. The quantitative estimate of drug-likeness (QED) is 0.637. The molecule has 0 saturated heterocycles. The fourth-order valence-corrected chi connectivity index (χ4v) is 3.14. The monoisotopic (exact) mass is 255 g/mol. The van der Waals surface area contributed by atoms with Gasteiger partial charge < -0.3 is 10.1 Å². The fraction of sp³-hybridized carbons (Fsp3) is 1.00. The van der Waals surface area contributed by atoms with Crippen LogP contribution in [0.25, 0.3) is 0 Å². The molecule has 2 atom stereocenters. The predicted molar refractivity (Wildman–Crippen MR) is 78.9 cm³/mol. The average molecular weight is 255 g/mol. The molecule has 0 spiro atoms. The molecule has 1 aliphatic rings. The lowest BCUT2D eigenvalue weighted by atomic mass is 9.90. The summed E-state index contributed by atoms with van der Waals surface area (Å²) in [6.07, 6.45) is 11.1. The van der Waals surface area contributed by atoms with Gasteiger partial charge in [-0.15, -0.1) is 0 Å². The third kappa shape index (κ3) is 6.19. The van der Waals surface area contributed by atoms with Crippen LogP contribution in [0.1, 0.15) is 65.2 Å². The number of hydrogen-bond donors (Lipinski definition) is 1. The van der Waals surface area contributed by atoms with Crippen molar-refractivity contribution >= 4 is 0 Å². The van der Waals surface area contributed by atoms with Crippen molar-refractivity contribution in [2.24, 2.45) is 11.8 Å². The van der Waals surface area contributed by atoms with Gasteiger partial charge >= 0.3 is 0 Å². The van der Waals surface area contributed by atoms with E-state index in [1.165, 1.54) is 51.4 Å². The molecule has 0 radical (unpaired) electrons. The van der Waals surface area contributed by atoms with Gasteiger partial charge in [0.1, 0.15) is 0 Å². The van der Waals surface area contributed by atoms with Crippen molar-refractivity contribution in [3.05, 3.63) is 0 Å². The number of hydrogen-bond acceptors (Lipinski definition) is 2. The Morgan fingerprint density at radius 1 is 1.22 bits per heavy atom. The number of rotatable bonds is 10. The summed E-state index contributed by atoms with van der Waals surface area (Å²) >= 11 is 0. The first kappa shape index (κ1) is 16.0. The molecule has 1 N–H and O–H groups in total. The lowest BCUT2D eigenvalue weighted by molar-refractivity contribution is 0.167. The molecule has 108 valence electrons. The second kappa shape index (κ2) is 9.80. The molecule has 0 amide bonds. The topological polar surface area (TPSA) is 21.3 Å². The van der Waals surface area contributed by atoms with E-state index < -0.39 is 0 Å². The number of nitrogens with one attached hydrogen (secondary N) is 1. The molecule has 2 unspecified atom stereocenters. The minimum absolute atomic E-state index is 0.695. The molecule has 18 heavy (non-hydrogen) atoms. The summed E-state index contributed by atoms with van der Waals surface area (Å²) in [4.78, 5) is 0. The summed E-state index contributed by atoms with van der Waals surface area (Å²) in [6, 6.07) is 0.695. The summed E-state index contributed by atoms with van der Waals surface area (Å²) in [7, 11) is 1.81. The Morgan fingerprint density at radius 3 is 2.56 bits per heavy atom. The Bertz CT molecular complexity index is 190. The molecule has 0 aromatic carbocycles. The molecule has 0 aromatic heterocycles. The third-order valence-corrected chi connectivity index (χ3v) is 4.48. The van der Waals surface area contributed by atoms with Crippen LogP contribution in [0.4, 0.5) is 0 Å². The number of methoxy groups -OCH3 is 1. The van der Waals surface area contributed by atoms with Crippen LogP contribution in [0.5, 0.6) is 0 Å². The van der Waals surface area contributed by atoms with Crippen LogP contribution < -0.4 is 5.32 Å². The molecule has 1 rings (SSSR count). The molecule has 0 bridgehead atoms. The van der Waals surface area contributed by atoms with Gasteiger partial charge in [0.2, 0.25) is 0 Å². The van der Waals surface area contributed by atoms with Crippen molar-refractivity contribution in [1.82, 2.24) is 5.32 Å². The highest BCUT2D eigenvalue weighted by Gasteiger charge is 2.20. The van der Waals surface area contributed by atoms with Crippen LogP contribution >= 0.6 is 0 Å². The predicted octanol–water partition coefficient (Wildman–Crippen LogP) is 4.00. The lowest BCUT2D eigenvalue weighted by Crippen LogP contribution is -2.36. The maximum absolute atomic E-state index is 5.22. The van der Waals surface area contributed by atoms with Crippen molar-refractivity contribution < 1.29 is 4.74 Å². The summed E-state index contributed by atoms with van der Waals surface area (Å²) in [6.45, 7) is 6.68. The van der Waals surface area contributed by atoms with E-state index in [0.29, 0.717) is 6.04 Å². The molecule has 1 aliphatic carbocycles. The molecule has 0 heterocycles. The smallest absolute Gasteiger partial charge is 0.0465 e. The van der Waals surface area contributed by atoms with Gasteiger partial charge in [0.05, 0.1) is 0 Å². The zero-order chi connectivity index (χ0) is 13.2. The summed E-state index contributed by atoms with van der Waals surface area (Å²) in [5, 5.41) is 3.75. The fourth-order valence-electron chi connectivity index (χ4n) is 3.14. The van der Waals surface area contributed by atoms with Crippen molar-refractivity contribution in [1.29, 1.82) is 0 Å². The highest BCUT2D eigenvalue weighted by molar-refractivity contribution is 4.76.